The quantitative estimate of drug-likeness (QED) is 0.531. The third kappa shape index (κ3) is 5.10. The Hall–Kier alpha value is -2.96. The number of nitrogens with zero attached hydrogens (tertiary/aromatic N) is 4. The van der Waals surface area contributed by atoms with Gasteiger partial charge in [-0.3, -0.25) is 4.79 Å². The van der Waals surface area contributed by atoms with Gasteiger partial charge in [-0.15, -0.1) is 5.10 Å². The molecule has 12 heteroatoms. The van der Waals surface area contributed by atoms with Gasteiger partial charge < -0.3 is 10.1 Å². The summed E-state index contributed by atoms with van der Waals surface area (Å²) in [6.45, 7) is 1.63. The highest BCUT2D eigenvalue weighted by atomic mass is 32.2. The molecule has 0 aliphatic heterocycles. The van der Waals surface area contributed by atoms with Crippen LogP contribution in [0.1, 0.15) is 5.56 Å². The molecule has 0 aliphatic rings. The number of rotatable bonds is 7. The first-order valence-corrected chi connectivity index (χ1v) is 10.8. The number of thioether (sulfide) groups is 1. The van der Waals surface area contributed by atoms with Crippen LogP contribution in [0.2, 0.25) is 0 Å². The van der Waals surface area contributed by atoms with Crippen LogP contribution in [0.3, 0.4) is 0 Å². The van der Waals surface area contributed by atoms with E-state index in [9.17, 15) is 13.2 Å². The number of nitrogens with one attached hydrogen (secondary N) is 1. The Balaban J connectivity index is 1.67. The van der Waals surface area contributed by atoms with Gasteiger partial charge in [-0.2, -0.15) is 4.68 Å². The number of hydrogen-bond acceptors (Lipinski definition) is 8. The summed E-state index contributed by atoms with van der Waals surface area (Å²) in [5.41, 5.74) is 1.55. The molecule has 0 bridgehead atoms. The fourth-order valence-electron chi connectivity index (χ4n) is 2.47. The van der Waals surface area contributed by atoms with E-state index in [4.69, 9.17) is 9.88 Å². The lowest BCUT2D eigenvalue weighted by atomic mass is 10.2. The highest BCUT2D eigenvalue weighted by molar-refractivity contribution is 7.99. The third-order valence-electron chi connectivity index (χ3n) is 3.87. The lowest BCUT2D eigenvalue weighted by molar-refractivity contribution is -0.113. The van der Waals surface area contributed by atoms with Crippen LogP contribution < -0.4 is 15.2 Å². The SMILES string of the molecule is COc1ccc(-n2nnnc2SCC(=O)Nc2ccc(C)c(S(N)(=O)=O)c2)cc1. The number of hydrogen-bond donors (Lipinski definition) is 2. The van der Waals surface area contributed by atoms with Gasteiger partial charge in [0.25, 0.3) is 0 Å². The molecule has 0 unspecified atom stereocenters. The van der Waals surface area contributed by atoms with Gasteiger partial charge in [0.1, 0.15) is 5.75 Å². The van der Waals surface area contributed by atoms with E-state index < -0.39 is 10.0 Å². The highest BCUT2D eigenvalue weighted by Gasteiger charge is 2.15. The third-order valence-corrected chi connectivity index (χ3v) is 5.84. The van der Waals surface area contributed by atoms with Crippen molar-refractivity contribution in [2.45, 2.75) is 17.0 Å². The minimum atomic E-state index is -3.88. The molecule has 0 saturated heterocycles. The van der Waals surface area contributed by atoms with E-state index in [2.05, 4.69) is 20.8 Å². The van der Waals surface area contributed by atoms with E-state index in [1.807, 2.05) is 0 Å². The van der Waals surface area contributed by atoms with E-state index >= 15 is 0 Å². The predicted octanol–water partition coefficient (Wildman–Crippen LogP) is 1.36. The molecule has 1 heterocycles. The maximum atomic E-state index is 12.3. The molecular weight excluding hydrogens is 416 g/mol. The second kappa shape index (κ2) is 8.59. The summed E-state index contributed by atoms with van der Waals surface area (Å²) in [5, 5.41) is 19.8. The minimum Gasteiger partial charge on any atom is -0.497 e. The number of primary sulfonamides is 1. The fourth-order valence-corrected chi connectivity index (χ4v) is 3.96. The average molecular weight is 435 g/mol. The molecule has 1 aromatic heterocycles. The van der Waals surface area contributed by atoms with Crippen LogP contribution in [0.5, 0.6) is 5.75 Å². The first-order valence-electron chi connectivity index (χ1n) is 8.27. The Labute approximate surface area is 171 Å². The van der Waals surface area contributed by atoms with Crippen LogP contribution >= 0.6 is 11.8 Å². The van der Waals surface area contributed by atoms with Gasteiger partial charge in [-0.05, 0) is 59.3 Å². The summed E-state index contributed by atoms with van der Waals surface area (Å²) in [4.78, 5) is 12.2. The largest absolute Gasteiger partial charge is 0.497 e. The molecule has 0 fully saturated rings. The van der Waals surface area contributed by atoms with Gasteiger partial charge in [0.15, 0.2) is 0 Å². The molecule has 1 amide bonds. The topological polar surface area (TPSA) is 142 Å². The standard InChI is InChI=1S/C17H18N6O4S2/c1-11-3-4-12(9-15(11)29(18,25)26)19-16(24)10-28-17-20-21-22-23(17)13-5-7-14(27-2)8-6-13/h3-9H,10H2,1-2H3,(H,19,24)(H2,18,25,26). The highest BCUT2D eigenvalue weighted by Crippen LogP contribution is 2.22. The number of sulfonamides is 1. The Morgan fingerprint density at radius 3 is 2.62 bits per heavy atom. The van der Waals surface area contributed by atoms with Crippen molar-refractivity contribution in [3.8, 4) is 11.4 Å². The Kier molecular flexibility index (Phi) is 6.15. The zero-order valence-corrected chi connectivity index (χ0v) is 17.2. The van der Waals surface area contributed by atoms with E-state index in [-0.39, 0.29) is 16.6 Å². The number of tetrazole rings is 1. The summed E-state index contributed by atoms with van der Waals surface area (Å²) in [6.07, 6.45) is 0. The van der Waals surface area contributed by atoms with Crippen LogP contribution in [-0.4, -0.2) is 47.4 Å². The molecule has 0 atom stereocenters. The van der Waals surface area contributed by atoms with Crippen molar-refractivity contribution in [3.63, 3.8) is 0 Å². The first kappa shape index (κ1) is 20.8. The summed E-state index contributed by atoms with van der Waals surface area (Å²) < 4.78 is 29.9. The van der Waals surface area contributed by atoms with E-state index in [0.717, 1.165) is 17.4 Å². The van der Waals surface area contributed by atoms with E-state index in [1.165, 1.54) is 10.7 Å². The lowest BCUT2D eigenvalue weighted by Gasteiger charge is -2.09. The number of carbonyl (C=O) groups excluding carboxylic acids is 1. The number of methoxy groups -OCH3 is 1. The average Bonchev–Trinajstić information content (AvgIpc) is 3.15. The number of aryl methyl sites for hydroxylation is 1. The summed E-state index contributed by atoms with van der Waals surface area (Å²) in [6, 6.07) is 11.6. The van der Waals surface area contributed by atoms with Gasteiger partial charge >= 0.3 is 0 Å². The summed E-state index contributed by atoms with van der Waals surface area (Å²) in [5.74, 6) is 0.380. The van der Waals surface area contributed by atoms with Crippen molar-refractivity contribution in [1.29, 1.82) is 0 Å². The predicted molar refractivity (Wildman–Crippen MR) is 108 cm³/mol. The van der Waals surface area contributed by atoms with Gasteiger partial charge in [-0.1, -0.05) is 17.8 Å². The zero-order chi connectivity index (χ0) is 21.0. The number of carbonyl (C=O) groups is 1. The van der Waals surface area contributed by atoms with Crippen LogP contribution in [0.4, 0.5) is 5.69 Å². The molecule has 3 rings (SSSR count). The van der Waals surface area contributed by atoms with Gasteiger partial charge in [0.05, 0.1) is 23.4 Å². The number of amides is 1. The van der Waals surface area contributed by atoms with Crippen molar-refractivity contribution in [3.05, 3.63) is 48.0 Å². The van der Waals surface area contributed by atoms with Crippen molar-refractivity contribution in [2.24, 2.45) is 5.14 Å². The molecular formula is C17H18N6O4S2. The number of anilines is 1. The first-order chi connectivity index (χ1) is 13.8. The zero-order valence-electron chi connectivity index (χ0n) is 15.6. The van der Waals surface area contributed by atoms with Gasteiger partial charge in [0, 0.05) is 5.69 Å². The molecule has 0 aliphatic carbocycles. The molecule has 152 valence electrons. The van der Waals surface area contributed by atoms with Crippen LogP contribution in [0.25, 0.3) is 5.69 Å². The Morgan fingerprint density at radius 1 is 1.24 bits per heavy atom. The van der Waals surface area contributed by atoms with Crippen molar-refractivity contribution in [2.75, 3.05) is 18.2 Å². The molecule has 3 aromatic rings. The number of aromatic nitrogens is 4. The maximum Gasteiger partial charge on any atom is 0.238 e. The van der Waals surface area contributed by atoms with Crippen LogP contribution in [-0.2, 0) is 14.8 Å². The molecule has 3 N–H and O–H groups in total. The molecule has 2 aromatic carbocycles. The number of nitrogens with two attached hydrogens (primary N) is 1. The number of benzene rings is 2. The summed E-state index contributed by atoms with van der Waals surface area (Å²) >= 11 is 1.14. The molecule has 0 spiro atoms. The monoisotopic (exact) mass is 434 g/mol. The van der Waals surface area contributed by atoms with Crippen molar-refractivity contribution < 1.29 is 17.9 Å². The second-order valence-corrected chi connectivity index (χ2v) is 8.41. The molecule has 10 nitrogen and oxygen atoms in total. The maximum absolute atomic E-state index is 12.3. The smallest absolute Gasteiger partial charge is 0.238 e. The number of ether oxygens (including phenoxy) is 1. The Bertz CT molecular complexity index is 1130. The van der Waals surface area contributed by atoms with Gasteiger partial charge in [-0.25, -0.2) is 13.6 Å². The van der Waals surface area contributed by atoms with Crippen molar-refractivity contribution >= 4 is 33.4 Å². The Morgan fingerprint density at radius 2 is 1.97 bits per heavy atom. The molecule has 29 heavy (non-hydrogen) atoms. The minimum absolute atomic E-state index is 0.0229. The fraction of sp³-hybridized carbons (Fsp3) is 0.176. The van der Waals surface area contributed by atoms with Crippen LogP contribution in [0, 0.1) is 6.92 Å². The molecule has 0 radical (unpaired) electrons. The van der Waals surface area contributed by atoms with Gasteiger partial charge in [0.2, 0.25) is 21.1 Å². The molecule has 0 saturated carbocycles. The van der Waals surface area contributed by atoms with Crippen LogP contribution in [0.15, 0.2) is 52.5 Å². The van der Waals surface area contributed by atoms with E-state index in [0.29, 0.717) is 22.2 Å². The van der Waals surface area contributed by atoms with E-state index in [1.54, 1.807) is 50.4 Å². The normalized spacial score (nSPS) is 11.3. The lowest BCUT2D eigenvalue weighted by Crippen LogP contribution is -2.17. The summed E-state index contributed by atoms with van der Waals surface area (Å²) in [7, 11) is -2.30. The second-order valence-electron chi connectivity index (χ2n) is 5.93. The van der Waals surface area contributed by atoms with Crippen molar-refractivity contribution in [1.82, 2.24) is 20.2 Å².